The highest BCUT2D eigenvalue weighted by Crippen LogP contribution is 2.48. The summed E-state index contributed by atoms with van der Waals surface area (Å²) in [7, 11) is 0. The predicted molar refractivity (Wildman–Crippen MR) is 69.9 cm³/mol. The average Bonchev–Trinajstić information content (AvgIpc) is 2.71. The molecule has 0 atom stereocenters. The molecular formula is C14H15ClFNO2. The van der Waals surface area contributed by atoms with Crippen molar-refractivity contribution < 1.29 is 14.3 Å². The van der Waals surface area contributed by atoms with Crippen LogP contribution in [0.25, 0.3) is 0 Å². The number of amides is 1. The molecule has 1 saturated carbocycles. The van der Waals surface area contributed by atoms with Gasteiger partial charge in [0.05, 0.1) is 5.02 Å². The zero-order valence-corrected chi connectivity index (χ0v) is 11.2. The molecule has 1 amide bonds. The van der Waals surface area contributed by atoms with Gasteiger partial charge in [-0.1, -0.05) is 18.0 Å². The van der Waals surface area contributed by atoms with Gasteiger partial charge in [0.2, 0.25) is 0 Å². The van der Waals surface area contributed by atoms with E-state index in [0.29, 0.717) is 6.54 Å². The molecular weight excluding hydrogens is 269 g/mol. The first kappa shape index (κ1) is 12.7. The highest BCUT2D eigenvalue weighted by atomic mass is 35.5. The molecule has 2 aliphatic rings. The van der Waals surface area contributed by atoms with Crippen LogP contribution in [0.2, 0.25) is 5.02 Å². The van der Waals surface area contributed by atoms with Crippen LogP contribution in [0.5, 0.6) is 5.75 Å². The largest absolute Gasteiger partial charge is 0.507 e. The second-order valence-corrected chi connectivity index (χ2v) is 6.02. The Morgan fingerprint density at radius 2 is 2.11 bits per heavy atom. The van der Waals surface area contributed by atoms with Crippen molar-refractivity contribution in [2.24, 2.45) is 5.41 Å². The van der Waals surface area contributed by atoms with Crippen LogP contribution in [0, 0.1) is 11.2 Å². The standard InChI is InChI=1S/C14H15ClFNO2/c15-10-6-9(16)7-11(18)12(10)13(19)17-5-4-14(8-17)2-1-3-14/h6-7,18H,1-5,8H2. The van der Waals surface area contributed by atoms with Crippen molar-refractivity contribution in [2.45, 2.75) is 25.7 Å². The van der Waals surface area contributed by atoms with E-state index in [9.17, 15) is 14.3 Å². The summed E-state index contributed by atoms with van der Waals surface area (Å²) in [4.78, 5) is 14.1. The van der Waals surface area contributed by atoms with Gasteiger partial charge in [-0.3, -0.25) is 4.79 Å². The maximum atomic E-state index is 13.1. The van der Waals surface area contributed by atoms with Crippen LogP contribution in [0.3, 0.4) is 0 Å². The second-order valence-electron chi connectivity index (χ2n) is 5.61. The lowest BCUT2D eigenvalue weighted by Gasteiger charge is -2.38. The van der Waals surface area contributed by atoms with Gasteiger partial charge in [-0.25, -0.2) is 4.39 Å². The molecule has 1 N–H and O–H groups in total. The molecule has 5 heteroatoms. The Kier molecular flexibility index (Phi) is 2.93. The number of hydrogen-bond donors (Lipinski definition) is 1. The summed E-state index contributed by atoms with van der Waals surface area (Å²) in [6, 6.07) is 1.98. The number of phenolic OH excluding ortho intramolecular Hbond substituents is 1. The third-order valence-corrected chi connectivity index (χ3v) is 4.69. The highest BCUT2D eigenvalue weighted by Gasteiger charge is 2.44. The van der Waals surface area contributed by atoms with Crippen LogP contribution in [0.4, 0.5) is 4.39 Å². The van der Waals surface area contributed by atoms with Crippen LogP contribution in [-0.4, -0.2) is 29.0 Å². The van der Waals surface area contributed by atoms with Crippen LogP contribution < -0.4 is 0 Å². The third-order valence-electron chi connectivity index (χ3n) is 4.39. The number of hydrogen-bond acceptors (Lipinski definition) is 2. The van der Waals surface area contributed by atoms with Gasteiger partial charge in [0.25, 0.3) is 5.91 Å². The van der Waals surface area contributed by atoms with E-state index in [1.165, 1.54) is 19.3 Å². The third kappa shape index (κ3) is 2.08. The second kappa shape index (κ2) is 4.37. The highest BCUT2D eigenvalue weighted by molar-refractivity contribution is 6.34. The first-order chi connectivity index (χ1) is 9.01. The summed E-state index contributed by atoms with van der Waals surface area (Å²) in [6.45, 7) is 1.41. The van der Waals surface area contributed by atoms with Gasteiger partial charge in [-0.05, 0) is 30.7 Å². The molecule has 3 nitrogen and oxygen atoms in total. The van der Waals surface area contributed by atoms with Gasteiger partial charge in [-0.15, -0.1) is 0 Å². The van der Waals surface area contributed by atoms with E-state index in [1.807, 2.05) is 0 Å². The first-order valence-corrected chi connectivity index (χ1v) is 6.86. The van der Waals surface area contributed by atoms with Gasteiger partial charge in [-0.2, -0.15) is 0 Å². The summed E-state index contributed by atoms with van der Waals surface area (Å²) < 4.78 is 13.1. The summed E-state index contributed by atoms with van der Waals surface area (Å²) in [6.07, 6.45) is 4.57. The zero-order chi connectivity index (χ0) is 13.6. The summed E-state index contributed by atoms with van der Waals surface area (Å²) in [5.74, 6) is -1.33. The Morgan fingerprint density at radius 3 is 2.63 bits per heavy atom. The molecule has 0 unspecified atom stereocenters. The lowest BCUT2D eigenvalue weighted by molar-refractivity contribution is 0.0729. The molecule has 2 fully saturated rings. The quantitative estimate of drug-likeness (QED) is 0.860. The number of nitrogens with zero attached hydrogens (tertiary/aromatic N) is 1. The number of likely N-dealkylation sites (tertiary alicyclic amines) is 1. The lowest BCUT2D eigenvalue weighted by atomic mass is 9.68. The number of benzene rings is 1. The summed E-state index contributed by atoms with van der Waals surface area (Å²) in [5, 5.41) is 9.70. The minimum atomic E-state index is -0.643. The van der Waals surface area contributed by atoms with Crippen LogP contribution in [0.1, 0.15) is 36.0 Å². The van der Waals surface area contributed by atoms with Crippen molar-refractivity contribution >= 4 is 17.5 Å². The van der Waals surface area contributed by atoms with Gasteiger partial charge in [0, 0.05) is 19.2 Å². The molecule has 1 heterocycles. The fraction of sp³-hybridized carbons (Fsp3) is 0.500. The molecule has 1 spiro atoms. The fourth-order valence-electron chi connectivity index (χ4n) is 3.12. The predicted octanol–water partition coefficient (Wildman–Crippen LogP) is 3.20. The monoisotopic (exact) mass is 283 g/mol. The molecule has 0 aromatic heterocycles. The Balaban J connectivity index is 1.85. The maximum absolute atomic E-state index is 13.1. The topological polar surface area (TPSA) is 40.5 Å². The fourth-order valence-corrected chi connectivity index (χ4v) is 3.41. The minimum Gasteiger partial charge on any atom is -0.507 e. The molecule has 1 aromatic carbocycles. The normalized spacial score (nSPS) is 20.6. The Hall–Kier alpha value is -1.29. The van der Waals surface area contributed by atoms with Crippen molar-refractivity contribution in [3.63, 3.8) is 0 Å². The van der Waals surface area contributed by atoms with Crippen molar-refractivity contribution in [3.8, 4) is 5.75 Å². The van der Waals surface area contributed by atoms with Crippen molar-refractivity contribution in [1.29, 1.82) is 0 Å². The van der Waals surface area contributed by atoms with Crippen LogP contribution in [0.15, 0.2) is 12.1 Å². The zero-order valence-electron chi connectivity index (χ0n) is 10.5. The molecule has 1 aliphatic carbocycles. The Bertz CT molecular complexity index is 519. The molecule has 0 bridgehead atoms. The van der Waals surface area contributed by atoms with Gasteiger partial charge >= 0.3 is 0 Å². The Morgan fingerprint density at radius 1 is 1.37 bits per heavy atom. The van der Waals surface area contributed by atoms with E-state index >= 15 is 0 Å². The molecule has 1 saturated heterocycles. The van der Waals surface area contributed by atoms with Crippen LogP contribution >= 0.6 is 11.6 Å². The van der Waals surface area contributed by atoms with Crippen molar-refractivity contribution in [3.05, 3.63) is 28.5 Å². The summed E-state index contributed by atoms with van der Waals surface area (Å²) in [5.41, 5.74) is 0.303. The summed E-state index contributed by atoms with van der Waals surface area (Å²) >= 11 is 5.88. The van der Waals surface area contributed by atoms with Crippen molar-refractivity contribution in [1.82, 2.24) is 4.90 Å². The smallest absolute Gasteiger partial charge is 0.259 e. The molecule has 1 aliphatic heterocycles. The van der Waals surface area contributed by atoms with E-state index in [0.717, 1.165) is 25.1 Å². The van der Waals surface area contributed by atoms with E-state index in [-0.39, 0.29) is 27.7 Å². The molecule has 1 aromatic rings. The van der Waals surface area contributed by atoms with Gasteiger partial charge in [0.15, 0.2) is 0 Å². The number of carbonyl (C=O) groups is 1. The Labute approximate surface area is 116 Å². The van der Waals surface area contributed by atoms with E-state index < -0.39 is 5.82 Å². The van der Waals surface area contributed by atoms with Crippen LogP contribution in [-0.2, 0) is 0 Å². The number of carbonyl (C=O) groups excluding carboxylic acids is 1. The van der Waals surface area contributed by atoms with Gasteiger partial charge in [0.1, 0.15) is 17.1 Å². The van der Waals surface area contributed by atoms with Crippen molar-refractivity contribution in [2.75, 3.05) is 13.1 Å². The molecule has 102 valence electrons. The van der Waals surface area contributed by atoms with E-state index in [4.69, 9.17) is 11.6 Å². The average molecular weight is 284 g/mol. The van der Waals surface area contributed by atoms with E-state index in [2.05, 4.69) is 0 Å². The number of aromatic hydroxyl groups is 1. The maximum Gasteiger partial charge on any atom is 0.259 e. The minimum absolute atomic E-state index is 0.0134. The van der Waals surface area contributed by atoms with Gasteiger partial charge < -0.3 is 10.0 Å². The first-order valence-electron chi connectivity index (χ1n) is 6.48. The molecule has 3 rings (SSSR count). The SMILES string of the molecule is O=C(c1c(O)cc(F)cc1Cl)N1CCC2(CCC2)C1. The molecule has 19 heavy (non-hydrogen) atoms. The lowest BCUT2D eigenvalue weighted by Crippen LogP contribution is -2.36. The number of halogens is 2. The number of rotatable bonds is 1. The number of phenols is 1. The molecule has 0 radical (unpaired) electrons. The van der Waals surface area contributed by atoms with E-state index in [1.54, 1.807) is 4.90 Å².